The molecule has 1 aliphatic rings. The van der Waals surface area contributed by atoms with Crippen LogP contribution in [0.1, 0.15) is 36.0 Å². The standard InChI is InChI=1S/C13H12F5NO2/c14-7-6(8(15)10(17)11(18)9(7)16)12(20)19-5-13(21)3-1-2-4-13/h21H,1-5H2,(H,19,20). The van der Waals surface area contributed by atoms with Crippen molar-refractivity contribution in [2.45, 2.75) is 31.3 Å². The molecule has 1 saturated carbocycles. The molecule has 0 atom stereocenters. The van der Waals surface area contributed by atoms with Gasteiger partial charge in [-0.2, -0.15) is 0 Å². The van der Waals surface area contributed by atoms with Crippen LogP contribution in [0.15, 0.2) is 0 Å². The number of benzene rings is 1. The van der Waals surface area contributed by atoms with Crippen molar-refractivity contribution in [1.29, 1.82) is 0 Å². The van der Waals surface area contributed by atoms with Crippen LogP contribution in [-0.2, 0) is 0 Å². The number of rotatable bonds is 3. The van der Waals surface area contributed by atoms with Gasteiger partial charge in [-0.25, -0.2) is 22.0 Å². The Morgan fingerprint density at radius 3 is 1.86 bits per heavy atom. The zero-order valence-corrected chi connectivity index (χ0v) is 10.8. The zero-order valence-electron chi connectivity index (χ0n) is 10.8. The molecule has 2 rings (SSSR count). The van der Waals surface area contributed by atoms with Crippen molar-refractivity contribution < 1.29 is 31.9 Å². The van der Waals surface area contributed by atoms with E-state index in [9.17, 15) is 31.9 Å². The average Bonchev–Trinajstić information content (AvgIpc) is 2.88. The average molecular weight is 309 g/mol. The third kappa shape index (κ3) is 2.85. The second-order valence-corrected chi connectivity index (χ2v) is 5.06. The number of hydrogen-bond donors (Lipinski definition) is 2. The summed E-state index contributed by atoms with van der Waals surface area (Å²) in [4.78, 5) is 11.6. The molecular formula is C13H12F5NO2. The van der Waals surface area contributed by atoms with E-state index in [1.165, 1.54) is 0 Å². The van der Waals surface area contributed by atoms with Crippen LogP contribution in [-0.4, -0.2) is 23.2 Å². The number of carbonyl (C=O) groups excluding carboxylic acids is 1. The van der Waals surface area contributed by atoms with Gasteiger partial charge >= 0.3 is 0 Å². The third-order valence-electron chi connectivity index (χ3n) is 3.55. The molecular weight excluding hydrogens is 297 g/mol. The second kappa shape index (κ2) is 5.59. The lowest BCUT2D eigenvalue weighted by molar-refractivity contribution is 0.0447. The second-order valence-electron chi connectivity index (χ2n) is 5.06. The largest absolute Gasteiger partial charge is 0.388 e. The van der Waals surface area contributed by atoms with Crippen molar-refractivity contribution in [3.05, 3.63) is 34.6 Å². The van der Waals surface area contributed by atoms with Crippen molar-refractivity contribution in [3.63, 3.8) is 0 Å². The summed E-state index contributed by atoms with van der Waals surface area (Å²) in [6.45, 7) is -0.314. The lowest BCUT2D eigenvalue weighted by atomic mass is 10.0. The third-order valence-corrected chi connectivity index (χ3v) is 3.55. The van der Waals surface area contributed by atoms with Crippen LogP contribution >= 0.6 is 0 Å². The molecule has 2 N–H and O–H groups in total. The van der Waals surface area contributed by atoms with Gasteiger partial charge in [0.1, 0.15) is 5.56 Å². The molecule has 0 bridgehead atoms. The minimum atomic E-state index is -2.32. The fourth-order valence-electron chi connectivity index (χ4n) is 2.35. The molecule has 3 nitrogen and oxygen atoms in total. The summed E-state index contributed by atoms with van der Waals surface area (Å²) in [6, 6.07) is 0. The molecule has 116 valence electrons. The maximum absolute atomic E-state index is 13.4. The summed E-state index contributed by atoms with van der Waals surface area (Å²) in [5, 5.41) is 12.0. The van der Waals surface area contributed by atoms with Crippen LogP contribution in [0.5, 0.6) is 0 Å². The van der Waals surface area contributed by atoms with Gasteiger partial charge in [0.15, 0.2) is 23.3 Å². The van der Waals surface area contributed by atoms with Crippen molar-refractivity contribution in [2.24, 2.45) is 0 Å². The summed E-state index contributed by atoms with van der Waals surface area (Å²) in [5.74, 6) is -12.5. The number of carbonyl (C=O) groups is 1. The number of nitrogens with one attached hydrogen (secondary N) is 1. The molecule has 0 spiro atoms. The quantitative estimate of drug-likeness (QED) is 0.512. The predicted molar refractivity (Wildman–Crippen MR) is 62.0 cm³/mol. The first kappa shape index (κ1) is 15.7. The van der Waals surface area contributed by atoms with Crippen molar-refractivity contribution >= 4 is 5.91 Å². The summed E-state index contributed by atoms with van der Waals surface area (Å²) in [7, 11) is 0. The Hall–Kier alpha value is -1.70. The van der Waals surface area contributed by atoms with Crippen LogP contribution in [0.4, 0.5) is 22.0 Å². The predicted octanol–water partition coefficient (Wildman–Crippen LogP) is 2.42. The van der Waals surface area contributed by atoms with Gasteiger partial charge < -0.3 is 10.4 Å². The van der Waals surface area contributed by atoms with E-state index < -0.39 is 46.2 Å². The van der Waals surface area contributed by atoms with Crippen molar-refractivity contribution in [1.82, 2.24) is 5.32 Å². The molecule has 1 amide bonds. The molecule has 0 aromatic heterocycles. The molecule has 0 heterocycles. The van der Waals surface area contributed by atoms with E-state index in [0.29, 0.717) is 12.8 Å². The highest BCUT2D eigenvalue weighted by Crippen LogP contribution is 2.29. The van der Waals surface area contributed by atoms with Crippen LogP contribution in [0.2, 0.25) is 0 Å². The number of aliphatic hydroxyl groups is 1. The molecule has 1 aromatic rings. The summed E-state index contributed by atoms with van der Waals surface area (Å²) in [5.41, 5.74) is -2.76. The van der Waals surface area contributed by atoms with E-state index >= 15 is 0 Å². The highest BCUT2D eigenvalue weighted by atomic mass is 19.2. The van der Waals surface area contributed by atoms with E-state index in [1.807, 2.05) is 5.32 Å². The highest BCUT2D eigenvalue weighted by Gasteiger charge is 2.34. The van der Waals surface area contributed by atoms with Crippen molar-refractivity contribution in [2.75, 3.05) is 6.54 Å². The van der Waals surface area contributed by atoms with Gasteiger partial charge in [-0.05, 0) is 12.8 Å². The van der Waals surface area contributed by atoms with Crippen LogP contribution in [0.3, 0.4) is 0 Å². The lowest BCUT2D eigenvalue weighted by Crippen LogP contribution is -2.41. The highest BCUT2D eigenvalue weighted by molar-refractivity contribution is 5.94. The molecule has 0 saturated heterocycles. The Labute approximate surface area is 116 Å². The Morgan fingerprint density at radius 1 is 0.952 bits per heavy atom. The molecule has 1 aliphatic carbocycles. The van der Waals surface area contributed by atoms with Gasteiger partial charge in [0.25, 0.3) is 5.91 Å². The number of hydrogen-bond acceptors (Lipinski definition) is 2. The topological polar surface area (TPSA) is 49.3 Å². The fourth-order valence-corrected chi connectivity index (χ4v) is 2.35. The first-order chi connectivity index (χ1) is 9.77. The summed E-state index contributed by atoms with van der Waals surface area (Å²) in [6.07, 6.45) is 2.25. The van der Waals surface area contributed by atoms with E-state index in [1.54, 1.807) is 0 Å². The maximum Gasteiger partial charge on any atom is 0.257 e. The molecule has 0 unspecified atom stereocenters. The molecule has 1 fully saturated rings. The summed E-state index contributed by atoms with van der Waals surface area (Å²) >= 11 is 0. The normalized spacial score (nSPS) is 17.0. The Balaban J connectivity index is 2.23. The van der Waals surface area contributed by atoms with Gasteiger partial charge in [0.2, 0.25) is 5.82 Å². The Bertz CT molecular complexity index is 555. The van der Waals surface area contributed by atoms with Crippen molar-refractivity contribution in [3.8, 4) is 0 Å². The first-order valence-corrected chi connectivity index (χ1v) is 6.29. The SMILES string of the molecule is O=C(NCC1(O)CCCC1)c1c(F)c(F)c(F)c(F)c1F. The molecule has 0 radical (unpaired) electrons. The van der Waals surface area contributed by atoms with Crippen LogP contribution < -0.4 is 5.32 Å². The van der Waals surface area contributed by atoms with E-state index in [2.05, 4.69) is 0 Å². The van der Waals surface area contributed by atoms with Gasteiger partial charge in [0.05, 0.1) is 5.60 Å². The van der Waals surface area contributed by atoms with E-state index in [4.69, 9.17) is 0 Å². The van der Waals surface area contributed by atoms with Crippen LogP contribution in [0.25, 0.3) is 0 Å². The monoisotopic (exact) mass is 309 g/mol. The zero-order chi connectivity index (χ0) is 15.8. The first-order valence-electron chi connectivity index (χ1n) is 6.29. The van der Waals surface area contributed by atoms with Crippen LogP contribution in [0, 0.1) is 29.1 Å². The maximum atomic E-state index is 13.4. The van der Waals surface area contributed by atoms with E-state index in [0.717, 1.165) is 12.8 Å². The smallest absolute Gasteiger partial charge is 0.257 e. The number of halogens is 5. The molecule has 1 aromatic carbocycles. The summed E-state index contributed by atoms with van der Waals surface area (Å²) < 4.78 is 65.6. The lowest BCUT2D eigenvalue weighted by Gasteiger charge is -2.22. The Kier molecular flexibility index (Phi) is 4.18. The van der Waals surface area contributed by atoms with Gasteiger partial charge in [0, 0.05) is 6.54 Å². The Morgan fingerprint density at radius 2 is 1.38 bits per heavy atom. The molecule has 21 heavy (non-hydrogen) atoms. The number of amides is 1. The molecule has 0 aliphatic heterocycles. The van der Waals surface area contributed by atoms with Gasteiger partial charge in [-0.1, -0.05) is 12.8 Å². The van der Waals surface area contributed by atoms with Gasteiger partial charge in [-0.3, -0.25) is 4.79 Å². The fraction of sp³-hybridized carbons (Fsp3) is 0.462. The van der Waals surface area contributed by atoms with E-state index in [-0.39, 0.29) is 6.54 Å². The van der Waals surface area contributed by atoms with Gasteiger partial charge in [-0.15, -0.1) is 0 Å². The minimum Gasteiger partial charge on any atom is -0.388 e. The molecule has 8 heteroatoms. The minimum absolute atomic E-state index is 0.314.